The lowest BCUT2D eigenvalue weighted by atomic mass is 9.83. The Hall–Kier alpha value is -1.95. The highest BCUT2D eigenvalue weighted by Crippen LogP contribution is 2.43. The van der Waals surface area contributed by atoms with Gasteiger partial charge in [-0.25, -0.2) is 4.39 Å². The van der Waals surface area contributed by atoms with Crippen LogP contribution in [0, 0.1) is 17.7 Å². The van der Waals surface area contributed by atoms with E-state index in [1.54, 1.807) is 4.90 Å². The fourth-order valence-corrected chi connectivity index (χ4v) is 4.11. The highest BCUT2D eigenvalue weighted by Gasteiger charge is 2.53. The molecule has 1 spiro atoms. The minimum absolute atomic E-state index is 0.174. The second-order valence-electron chi connectivity index (χ2n) is 8.61. The van der Waals surface area contributed by atoms with Gasteiger partial charge in [-0.05, 0) is 68.2 Å². The average Bonchev–Trinajstić information content (AvgIpc) is 3.03. The van der Waals surface area contributed by atoms with E-state index in [9.17, 15) is 14.0 Å². The van der Waals surface area contributed by atoms with E-state index in [0.717, 1.165) is 32.1 Å². The zero-order valence-corrected chi connectivity index (χ0v) is 17.0. The molecule has 3 rings (SSSR count). The summed E-state index contributed by atoms with van der Waals surface area (Å²) in [5.74, 6) is 0.236. The Morgan fingerprint density at radius 3 is 2.50 bits per heavy atom. The number of rotatable bonds is 5. The molecule has 1 heterocycles. The third-order valence-corrected chi connectivity index (χ3v) is 5.95. The van der Waals surface area contributed by atoms with Gasteiger partial charge >= 0.3 is 0 Å². The summed E-state index contributed by atoms with van der Waals surface area (Å²) in [6.45, 7) is 7.19. The number of benzene rings is 1. The molecule has 2 aliphatic rings. The molecule has 1 unspecified atom stereocenters. The quantitative estimate of drug-likeness (QED) is 0.833. The molecule has 1 saturated heterocycles. The van der Waals surface area contributed by atoms with E-state index >= 15 is 0 Å². The molecule has 1 aromatic carbocycles. The van der Waals surface area contributed by atoms with Gasteiger partial charge in [-0.3, -0.25) is 14.5 Å². The van der Waals surface area contributed by atoms with Crippen LogP contribution in [0.15, 0.2) is 24.3 Å². The van der Waals surface area contributed by atoms with Crippen LogP contribution in [-0.2, 0) is 9.53 Å². The first-order chi connectivity index (χ1) is 13.3. The van der Waals surface area contributed by atoms with Gasteiger partial charge in [0.1, 0.15) is 17.6 Å². The SMILES string of the molecule is CC(C)CCNC(=O)C1COC2(CCC(C)CC2)N1C(=O)c1ccc(F)cc1. The molecule has 0 radical (unpaired) electrons. The maximum absolute atomic E-state index is 13.4. The lowest BCUT2D eigenvalue weighted by molar-refractivity contribution is -0.127. The van der Waals surface area contributed by atoms with Crippen molar-refractivity contribution < 1.29 is 18.7 Å². The summed E-state index contributed by atoms with van der Waals surface area (Å²) >= 11 is 0. The molecule has 2 fully saturated rings. The molecule has 5 nitrogen and oxygen atoms in total. The summed E-state index contributed by atoms with van der Waals surface area (Å²) in [5.41, 5.74) is -0.359. The number of carbonyl (C=O) groups excluding carboxylic acids is 2. The van der Waals surface area contributed by atoms with E-state index in [-0.39, 0.29) is 18.4 Å². The first kappa shape index (κ1) is 20.8. The Morgan fingerprint density at radius 2 is 1.89 bits per heavy atom. The molecule has 0 aromatic heterocycles. The van der Waals surface area contributed by atoms with Crippen molar-refractivity contribution in [2.24, 2.45) is 11.8 Å². The number of ether oxygens (including phenoxy) is 1. The maximum atomic E-state index is 13.4. The van der Waals surface area contributed by atoms with Crippen LogP contribution in [0.2, 0.25) is 0 Å². The van der Waals surface area contributed by atoms with Gasteiger partial charge in [-0.2, -0.15) is 0 Å². The van der Waals surface area contributed by atoms with E-state index in [2.05, 4.69) is 26.1 Å². The number of amides is 2. The summed E-state index contributed by atoms with van der Waals surface area (Å²) in [6.07, 6.45) is 4.23. The van der Waals surface area contributed by atoms with Crippen LogP contribution in [0.3, 0.4) is 0 Å². The first-order valence-electron chi connectivity index (χ1n) is 10.3. The number of carbonyl (C=O) groups is 2. The molecule has 1 atom stereocenters. The van der Waals surface area contributed by atoms with Crippen LogP contribution >= 0.6 is 0 Å². The zero-order valence-electron chi connectivity index (χ0n) is 17.0. The largest absolute Gasteiger partial charge is 0.354 e. The number of nitrogens with one attached hydrogen (secondary N) is 1. The Kier molecular flexibility index (Phi) is 6.38. The van der Waals surface area contributed by atoms with Gasteiger partial charge in [-0.1, -0.05) is 20.8 Å². The van der Waals surface area contributed by atoms with Crippen molar-refractivity contribution >= 4 is 11.8 Å². The van der Waals surface area contributed by atoms with Gasteiger partial charge in [0.25, 0.3) is 5.91 Å². The molecule has 1 saturated carbocycles. The van der Waals surface area contributed by atoms with Crippen molar-refractivity contribution in [3.63, 3.8) is 0 Å². The van der Waals surface area contributed by atoms with Crippen molar-refractivity contribution in [3.8, 4) is 0 Å². The van der Waals surface area contributed by atoms with Gasteiger partial charge < -0.3 is 10.1 Å². The fourth-order valence-electron chi connectivity index (χ4n) is 4.11. The van der Waals surface area contributed by atoms with E-state index in [4.69, 9.17) is 4.74 Å². The molecule has 1 aromatic rings. The molecular formula is C22H31FN2O3. The summed E-state index contributed by atoms with van der Waals surface area (Å²) in [5, 5.41) is 2.96. The van der Waals surface area contributed by atoms with Crippen LogP contribution in [0.25, 0.3) is 0 Å². The van der Waals surface area contributed by atoms with Gasteiger partial charge in [0.2, 0.25) is 5.91 Å². The molecule has 1 aliphatic heterocycles. The Bertz CT molecular complexity index is 696. The second-order valence-corrected chi connectivity index (χ2v) is 8.61. The van der Waals surface area contributed by atoms with E-state index < -0.39 is 17.6 Å². The number of nitrogens with zero attached hydrogens (tertiary/aromatic N) is 1. The van der Waals surface area contributed by atoms with Gasteiger partial charge in [0.15, 0.2) is 0 Å². The topological polar surface area (TPSA) is 58.6 Å². The molecule has 0 bridgehead atoms. The lowest BCUT2D eigenvalue weighted by Gasteiger charge is -2.43. The van der Waals surface area contributed by atoms with Crippen molar-refractivity contribution in [3.05, 3.63) is 35.6 Å². The van der Waals surface area contributed by atoms with Gasteiger partial charge in [0.05, 0.1) is 6.61 Å². The monoisotopic (exact) mass is 390 g/mol. The van der Waals surface area contributed by atoms with Crippen LogP contribution in [0.5, 0.6) is 0 Å². The summed E-state index contributed by atoms with van der Waals surface area (Å²) in [7, 11) is 0. The third-order valence-electron chi connectivity index (χ3n) is 5.95. The van der Waals surface area contributed by atoms with E-state index in [1.807, 2.05) is 0 Å². The number of hydrogen-bond acceptors (Lipinski definition) is 3. The summed E-state index contributed by atoms with van der Waals surface area (Å²) in [4.78, 5) is 27.9. The van der Waals surface area contributed by atoms with Crippen molar-refractivity contribution in [1.82, 2.24) is 10.2 Å². The predicted octanol–water partition coefficient (Wildman–Crippen LogP) is 3.74. The second kappa shape index (κ2) is 8.60. The first-order valence-corrected chi connectivity index (χ1v) is 10.3. The van der Waals surface area contributed by atoms with Crippen LogP contribution in [-0.4, -0.2) is 41.6 Å². The molecule has 154 valence electrons. The lowest BCUT2D eigenvalue weighted by Crippen LogP contribution is -2.56. The predicted molar refractivity (Wildman–Crippen MR) is 105 cm³/mol. The number of hydrogen-bond donors (Lipinski definition) is 1. The molecular weight excluding hydrogens is 359 g/mol. The highest BCUT2D eigenvalue weighted by atomic mass is 19.1. The zero-order chi connectivity index (χ0) is 20.3. The molecule has 1 aliphatic carbocycles. The van der Waals surface area contributed by atoms with Gasteiger partial charge in [0, 0.05) is 12.1 Å². The third kappa shape index (κ3) is 4.37. The molecule has 2 amide bonds. The average molecular weight is 390 g/mol. The van der Waals surface area contributed by atoms with Crippen LogP contribution in [0.4, 0.5) is 4.39 Å². The smallest absolute Gasteiger partial charge is 0.256 e. The van der Waals surface area contributed by atoms with Crippen LogP contribution in [0.1, 0.15) is 63.2 Å². The minimum Gasteiger partial charge on any atom is -0.354 e. The Morgan fingerprint density at radius 1 is 1.25 bits per heavy atom. The highest BCUT2D eigenvalue weighted by molar-refractivity contribution is 5.98. The summed E-state index contributed by atoms with van der Waals surface area (Å²) < 4.78 is 19.5. The fraction of sp³-hybridized carbons (Fsp3) is 0.636. The van der Waals surface area contributed by atoms with Crippen LogP contribution < -0.4 is 5.32 Å². The molecule has 1 N–H and O–H groups in total. The van der Waals surface area contributed by atoms with Crippen molar-refractivity contribution in [2.75, 3.05) is 13.2 Å². The van der Waals surface area contributed by atoms with Crippen molar-refractivity contribution in [1.29, 1.82) is 0 Å². The summed E-state index contributed by atoms with van der Waals surface area (Å²) in [6, 6.07) is 4.85. The van der Waals surface area contributed by atoms with Crippen molar-refractivity contribution in [2.45, 2.75) is 64.6 Å². The van der Waals surface area contributed by atoms with E-state index in [0.29, 0.717) is 23.9 Å². The number of halogens is 1. The van der Waals surface area contributed by atoms with Gasteiger partial charge in [-0.15, -0.1) is 0 Å². The maximum Gasteiger partial charge on any atom is 0.256 e. The van der Waals surface area contributed by atoms with E-state index in [1.165, 1.54) is 24.3 Å². The Labute approximate surface area is 166 Å². The Balaban J connectivity index is 1.83. The normalized spacial score (nSPS) is 27.4. The minimum atomic E-state index is -0.738. The molecule has 6 heteroatoms. The standard InChI is InChI=1S/C22H31FN2O3/c1-15(2)10-13-24-20(26)19-14-28-22(11-8-16(3)9-12-22)25(19)21(27)17-4-6-18(23)7-5-17/h4-7,15-16,19H,8-14H2,1-3H3,(H,24,26). The molecule has 28 heavy (non-hydrogen) atoms.